The highest BCUT2D eigenvalue weighted by atomic mass is 16.3. The van der Waals surface area contributed by atoms with Crippen LogP contribution in [0.3, 0.4) is 0 Å². The molecule has 0 unspecified atom stereocenters. The van der Waals surface area contributed by atoms with E-state index in [9.17, 15) is 19.5 Å². The van der Waals surface area contributed by atoms with E-state index in [0.29, 0.717) is 19.1 Å². The number of hydrogen-bond acceptors (Lipinski definition) is 4. The first-order valence-electron chi connectivity index (χ1n) is 8.23. The molecule has 25 heavy (non-hydrogen) atoms. The third-order valence-corrected chi connectivity index (χ3v) is 3.62. The summed E-state index contributed by atoms with van der Waals surface area (Å²) in [5.41, 5.74) is 4.71. The van der Waals surface area contributed by atoms with Crippen LogP contribution < -0.4 is 16.4 Å². The summed E-state index contributed by atoms with van der Waals surface area (Å²) in [5, 5.41) is 14.4. The topological polar surface area (TPSA) is 123 Å². The Bertz CT molecular complexity index is 586. The molecule has 1 aromatic carbocycles. The Balaban J connectivity index is 2.70. The average Bonchev–Trinajstić information content (AvgIpc) is 2.55. The molecule has 0 saturated heterocycles. The van der Waals surface area contributed by atoms with Crippen LogP contribution in [-0.4, -0.2) is 41.3 Å². The summed E-state index contributed by atoms with van der Waals surface area (Å²) in [5.74, 6) is -0.456. The van der Waals surface area contributed by atoms with E-state index in [4.69, 9.17) is 0 Å². The first-order chi connectivity index (χ1) is 11.7. The molecule has 0 fully saturated rings. The first kappa shape index (κ1) is 20.6. The molecule has 0 heterocycles. The molecule has 1 rings (SSSR count). The molecule has 6 N–H and O–H groups in total. The van der Waals surface area contributed by atoms with Crippen LogP contribution in [0.25, 0.3) is 0 Å². The van der Waals surface area contributed by atoms with Gasteiger partial charge in [0.25, 0.3) is 5.91 Å². The molecule has 0 aromatic heterocycles. The molecule has 0 bridgehead atoms. The number of rotatable bonds is 9. The summed E-state index contributed by atoms with van der Waals surface area (Å²) >= 11 is 0. The third-order valence-electron chi connectivity index (χ3n) is 3.62. The lowest BCUT2D eigenvalue weighted by Gasteiger charge is -2.23. The van der Waals surface area contributed by atoms with Gasteiger partial charge in [0.05, 0.1) is 0 Å². The van der Waals surface area contributed by atoms with E-state index >= 15 is 0 Å². The summed E-state index contributed by atoms with van der Waals surface area (Å²) in [4.78, 5) is 35.3. The van der Waals surface area contributed by atoms with Crippen molar-refractivity contribution in [3.8, 4) is 5.75 Å². The minimum absolute atomic E-state index is 0.153. The van der Waals surface area contributed by atoms with Gasteiger partial charge in [0, 0.05) is 6.42 Å². The van der Waals surface area contributed by atoms with E-state index in [-0.39, 0.29) is 17.6 Å². The third kappa shape index (κ3) is 7.34. The Morgan fingerprint density at radius 3 is 2.32 bits per heavy atom. The largest absolute Gasteiger partial charge is 0.508 e. The van der Waals surface area contributed by atoms with Gasteiger partial charge in [-0.15, -0.1) is 0 Å². The van der Waals surface area contributed by atoms with Crippen molar-refractivity contribution in [3.63, 3.8) is 0 Å². The second-order valence-corrected chi connectivity index (χ2v) is 6.51. The minimum atomic E-state index is -0.855. The quantitative estimate of drug-likeness (QED) is 0.357. The van der Waals surface area contributed by atoms with Gasteiger partial charge in [0.15, 0.2) is 6.04 Å². The lowest BCUT2D eigenvalue weighted by molar-refractivity contribution is -0.403. The zero-order valence-corrected chi connectivity index (χ0v) is 14.7. The maximum atomic E-state index is 12.4. The molecule has 7 nitrogen and oxygen atoms in total. The number of phenols is 1. The number of aromatic hydroxyl groups is 1. The average molecular weight is 349 g/mol. The zero-order chi connectivity index (χ0) is 19.0. The normalized spacial score (nSPS) is 14.4. The van der Waals surface area contributed by atoms with Crippen LogP contribution >= 0.6 is 0 Å². The smallest absolute Gasteiger partial charge is 0.279 e. The van der Waals surface area contributed by atoms with E-state index in [2.05, 4.69) is 23.3 Å². The molecule has 0 aliphatic carbocycles. The molecule has 2 amide bonds. The maximum absolute atomic E-state index is 12.4. The monoisotopic (exact) mass is 349 g/mol. The van der Waals surface area contributed by atoms with Crippen LogP contribution in [0.5, 0.6) is 5.75 Å². The number of amides is 2. The highest BCUT2D eigenvalue weighted by molar-refractivity contribution is 5.90. The Labute approximate surface area is 148 Å². The van der Waals surface area contributed by atoms with Crippen LogP contribution in [0.15, 0.2) is 24.3 Å². The summed E-state index contributed by atoms with van der Waals surface area (Å²) in [6.45, 7) is 7.36. The Hall–Kier alpha value is -2.41. The van der Waals surface area contributed by atoms with Crippen molar-refractivity contribution < 1.29 is 25.2 Å². The number of nitrogens with one attached hydrogen (secondary N) is 2. The summed E-state index contributed by atoms with van der Waals surface area (Å²) in [7, 11) is 0. The summed E-state index contributed by atoms with van der Waals surface area (Å²) in [6, 6.07) is 4.33. The van der Waals surface area contributed by atoms with Gasteiger partial charge >= 0.3 is 0 Å². The van der Waals surface area contributed by atoms with E-state index < -0.39 is 24.0 Å². The predicted molar refractivity (Wildman–Crippen MR) is 93.2 cm³/mol. The summed E-state index contributed by atoms with van der Waals surface area (Å²) < 4.78 is 0. The second kappa shape index (κ2) is 9.78. The molecular formula is C18H27N3O4. The van der Waals surface area contributed by atoms with Crippen molar-refractivity contribution in [1.29, 1.82) is 0 Å². The highest BCUT2D eigenvalue weighted by Crippen LogP contribution is 2.11. The van der Waals surface area contributed by atoms with Gasteiger partial charge in [-0.2, -0.15) is 0 Å². The fourth-order valence-corrected chi connectivity index (χ4v) is 2.32. The molecule has 138 valence electrons. The van der Waals surface area contributed by atoms with Gasteiger partial charge in [-0.3, -0.25) is 9.59 Å². The van der Waals surface area contributed by atoms with E-state index in [1.54, 1.807) is 24.3 Å². The fraction of sp³-hybridized carbons (Fsp3) is 0.444. The van der Waals surface area contributed by atoms with Crippen molar-refractivity contribution in [2.24, 2.45) is 5.92 Å². The van der Waals surface area contributed by atoms with Crippen molar-refractivity contribution in [3.05, 3.63) is 36.8 Å². The molecule has 3 atom stereocenters. The van der Waals surface area contributed by atoms with Gasteiger partial charge in [0.1, 0.15) is 18.1 Å². The van der Waals surface area contributed by atoms with Crippen molar-refractivity contribution in [1.82, 2.24) is 10.6 Å². The number of hydrogen-bond donors (Lipinski definition) is 4. The molecule has 0 radical (unpaired) electrons. The summed E-state index contributed by atoms with van der Waals surface area (Å²) in [6.07, 6.45) is 1.35. The minimum Gasteiger partial charge on any atom is -0.508 e. The van der Waals surface area contributed by atoms with E-state index in [1.807, 2.05) is 13.8 Å². The van der Waals surface area contributed by atoms with Crippen LogP contribution in [0, 0.1) is 12.8 Å². The number of quaternary nitrogens is 1. The van der Waals surface area contributed by atoms with Gasteiger partial charge in [-0.1, -0.05) is 26.0 Å². The first-order valence-corrected chi connectivity index (χ1v) is 8.23. The molecule has 0 saturated carbocycles. The SMILES string of the molecule is [CH2-][C@@H](C=O)NC(=O)[C@H](CC(C)C)NC(=O)[C@@H]([NH3+])Cc1ccc(O)cc1. The Morgan fingerprint density at radius 1 is 1.20 bits per heavy atom. The second-order valence-electron chi connectivity index (χ2n) is 6.51. The van der Waals surface area contributed by atoms with Crippen molar-refractivity contribution in [2.75, 3.05) is 0 Å². The number of aldehydes is 1. The van der Waals surface area contributed by atoms with Crippen LogP contribution in [0.4, 0.5) is 0 Å². The highest BCUT2D eigenvalue weighted by Gasteiger charge is 2.26. The molecular weight excluding hydrogens is 322 g/mol. The fourth-order valence-electron chi connectivity index (χ4n) is 2.32. The van der Waals surface area contributed by atoms with Crippen LogP contribution in [0.2, 0.25) is 0 Å². The lowest BCUT2D eigenvalue weighted by atomic mass is 10.0. The standard InChI is InChI=1S/C18H26N3O4/c1-11(2)8-16(18(25)20-12(3)10-22)21-17(24)15(19)9-13-4-6-14(23)7-5-13/h4-7,10-12,15-16,23H,3,8-9,19H2,1-2H3,(H,20,25)(H,21,24)/q-1/p+1/t12-,15-,16-/m0/s1. The van der Waals surface area contributed by atoms with Crippen molar-refractivity contribution in [2.45, 2.75) is 44.8 Å². The van der Waals surface area contributed by atoms with Crippen LogP contribution in [-0.2, 0) is 20.8 Å². The number of phenolic OH excluding ortho intramolecular Hbond substituents is 1. The lowest BCUT2D eigenvalue weighted by Crippen LogP contribution is -2.69. The van der Waals surface area contributed by atoms with Crippen molar-refractivity contribution >= 4 is 18.1 Å². The number of carbonyl (C=O) groups is 3. The molecule has 0 aliphatic heterocycles. The van der Waals surface area contributed by atoms with E-state index in [0.717, 1.165) is 5.56 Å². The Kier molecular flexibility index (Phi) is 8.07. The zero-order valence-electron chi connectivity index (χ0n) is 14.7. The number of benzene rings is 1. The molecule has 7 heteroatoms. The maximum Gasteiger partial charge on any atom is 0.279 e. The van der Waals surface area contributed by atoms with E-state index in [1.165, 1.54) is 0 Å². The van der Waals surface area contributed by atoms with Crippen LogP contribution in [0.1, 0.15) is 25.8 Å². The van der Waals surface area contributed by atoms with Gasteiger partial charge in [0.2, 0.25) is 5.91 Å². The molecule has 1 aromatic rings. The molecule has 0 spiro atoms. The number of carbonyl (C=O) groups excluding carboxylic acids is 3. The van der Waals surface area contributed by atoms with Gasteiger partial charge < -0.3 is 33.2 Å². The molecule has 0 aliphatic rings. The predicted octanol–water partition coefficient (Wildman–Crippen LogP) is -0.406. The van der Waals surface area contributed by atoms with Gasteiger partial charge in [-0.05, 0) is 36.1 Å². The Morgan fingerprint density at radius 2 is 1.80 bits per heavy atom. The van der Waals surface area contributed by atoms with Gasteiger partial charge in [-0.25, -0.2) is 0 Å².